The lowest BCUT2D eigenvalue weighted by molar-refractivity contribution is -0.127. The van der Waals surface area contributed by atoms with Crippen LogP contribution in [0.3, 0.4) is 0 Å². The molecular weight excluding hydrogens is 359 g/mol. The predicted molar refractivity (Wildman–Crippen MR) is 101 cm³/mol. The van der Waals surface area contributed by atoms with E-state index in [1.165, 1.54) is 11.9 Å². The second-order valence-electron chi connectivity index (χ2n) is 7.34. The third kappa shape index (κ3) is 7.64. The molecule has 0 aliphatic heterocycles. The average molecular weight is 394 g/mol. The monoisotopic (exact) mass is 394 g/mol. The fourth-order valence-electron chi connectivity index (χ4n) is 2.36. The van der Waals surface area contributed by atoms with E-state index in [4.69, 9.17) is 13.8 Å². The van der Waals surface area contributed by atoms with Gasteiger partial charge < -0.3 is 19.1 Å². The Morgan fingerprint density at radius 3 is 1.88 bits per heavy atom. The van der Waals surface area contributed by atoms with Crippen molar-refractivity contribution in [3.63, 3.8) is 0 Å². The Bertz CT molecular complexity index is 508. The molecule has 0 aromatic carbocycles. The molecule has 0 aromatic rings. The number of ether oxygens (including phenoxy) is 1. The fourth-order valence-corrected chi connectivity index (χ4v) is 3.89. The summed E-state index contributed by atoms with van der Waals surface area (Å²) in [5.74, 6) is -1.47. The van der Waals surface area contributed by atoms with Crippen LogP contribution in [-0.2, 0) is 23.1 Å². The summed E-state index contributed by atoms with van der Waals surface area (Å²) in [4.78, 5) is 26.3. The van der Waals surface area contributed by atoms with Crippen LogP contribution < -0.4 is 5.32 Å². The first kappa shape index (κ1) is 24.9. The number of nitrogens with one attached hydrogen (secondary N) is 1. The molecule has 0 rings (SSSR count). The van der Waals surface area contributed by atoms with Crippen LogP contribution in [0.15, 0.2) is 0 Å². The number of rotatable bonds is 9. The van der Waals surface area contributed by atoms with Gasteiger partial charge in [0.2, 0.25) is 5.91 Å². The van der Waals surface area contributed by atoms with Gasteiger partial charge in [0.25, 0.3) is 0 Å². The molecule has 9 heteroatoms. The van der Waals surface area contributed by atoms with Crippen LogP contribution in [0.4, 0.5) is 4.79 Å². The first-order valence-corrected chi connectivity index (χ1v) is 10.5. The minimum atomic E-state index is -3.49. The summed E-state index contributed by atoms with van der Waals surface area (Å²) in [5, 5.41) is 2.67. The Morgan fingerprint density at radius 1 is 1.08 bits per heavy atom. The van der Waals surface area contributed by atoms with E-state index in [2.05, 4.69) is 5.32 Å². The number of carbonyl (C=O) groups excluding carboxylic acids is 2. The van der Waals surface area contributed by atoms with Crippen molar-refractivity contribution in [3.8, 4) is 0 Å². The number of amides is 2. The molecular formula is C17H35N2O6P. The molecule has 0 heterocycles. The van der Waals surface area contributed by atoms with Gasteiger partial charge in [-0.15, -0.1) is 0 Å². The maximum Gasteiger partial charge on any atom is 0.410 e. The van der Waals surface area contributed by atoms with Crippen molar-refractivity contribution >= 4 is 19.6 Å². The molecule has 0 bridgehead atoms. The molecule has 0 radical (unpaired) electrons. The van der Waals surface area contributed by atoms with Crippen LogP contribution in [0.2, 0.25) is 0 Å². The molecule has 0 saturated carbocycles. The zero-order valence-corrected chi connectivity index (χ0v) is 18.4. The van der Waals surface area contributed by atoms with E-state index in [-0.39, 0.29) is 19.1 Å². The number of hydrogen-bond acceptors (Lipinski definition) is 6. The smallest absolute Gasteiger partial charge is 0.410 e. The van der Waals surface area contributed by atoms with E-state index < -0.39 is 37.0 Å². The molecule has 154 valence electrons. The zero-order valence-electron chi connectivity index (χ0n) is 17.5. The SMILES string of the molecule is CCOP(=O)(OCC)C(C)NC(=O)[C@H](C(C)C)N(C)C(=O)OC(C)(C)C. The molecule has 0 aromatic heterocycles. The number of nitrogens with zero attached hydrogens (tertiary/aromatic N) is 1. The Labute approximate surface area is 157 Å². The third-order valence-electron chi connectivity index (χ3n) is 3.44. The van der Waals surface area contributed by atoms with E-state index in [1.807, 2.05) is 13.8 Å². The molecule has 0 spiro atoms. The average Bonchev–Trinajstić information content (AvgIpc) is 2.45. The molecule has 26 heavy (non-hydrogen) atoms. The highest BCUT2D eigenvalue weighted by atomic mass is 31.2. The van der Waals surface area contributed by atoms with Gasteiger partial charge in [-0.1, -0.05) is 13.8 Å². The maximum atomic E-state index is 12.8. The lowest BCUT2D eigenvalue weighted by Gasteiger charge is -2.33. The van der Waals surface area contributed by atoms with Crippen LogP contribution in [0.1, 0.15) is 55.4 Å². The van der Waals surface area contributed by atoms with Crippen molar-refractivity contribution in [1.82, 2.24) is 10.2 Å². The van der Waals surface area contributed by atoms with Gasteiger partial charge in [-0.2, -0.15) is 0 Å². The van der Waals surface area contributed by atoms with E-state index in [1.54, 1.807) is 41.5 Å². The third-order valence-corrected chi connectivity index (χ3v) is 5.76. The Hall–Kier alpha value is -1.11. The summed E-state index contributed by atoms with van der Waals surface area (Å²) < 4.78 is 28.6. The molecule has 1 N–H and O–H groups in total. The van der Waals surface area contributed by atoms with Crippen LogP contribution in [0.25, 0.3) is 0 Å². The van der Waals surface area contributed by atoms with Gasteiger partial charge in [-0.25, -0.2) is 4.79 Å². The minimum absolute atomic E-state index is 0.182. The standard InChI is InChI=1S/C17H35N2O6P/c1-10-23-26(22,24-11-2)13(5)18-15(20)14(12(3)4)19(9)16(21)25-17(6,7)8/h12-14H,10-11H2,1-9H3,(H,18,20)/t13?,14-/m0/s1. The quantitative estimate of drug-likeness (QED) is 0.601. The highest BCUT2D eigenvalue weighted by Crippen LogP contribution is 2.51. The molecule has 2 amide bonds. The Morgan fingerprint density at radius 2 is 1.54 bits per heavy atom. The summed E-state index contributed by atoms with van der Waals surface area (Å²) in [6.07, 6.45) is -0.600. The molecule has 0 aliphatic carbocycles. The van der Waals surface area contributed by atoms with Gasteiger partial charge in [-0.3, -0.25) is 14.3 Å². The second kappa shape index (κ2) is 10.3. The van der Waals surface area contributed by atoms with Crippen molar-refractivity contribution in [2.45, 2.75) is 72.8 Å². The summed E-state index contributed by atoms with van der Waals surface area (Å²) in [6.45, 7) is 14.3. The fraction of sp³-hybridized carbons (Fsp3) is 0.882. The topological polar surface area (TPSA) is 94.2 Å². The lowest BCUT2D eigenvalue weighted by atomic mass is 10.0. The van der Waals surface area contributed by atoms with E-state index in [0.717, 1.165) is 0 Å². The first-order chi connectivity index (χ1) is 11.8. The number of carbonyl (C=O) groups is 2. The van der Waals surface area contributed by atoms with Crippen molar-refractivity contribution < 1.29 is 27.9 Å². The number of likely N-dealkylation sites (N-methyl/N-ethyl adjacent to an activating group) is 1. The summed E-state index contributed by atoms with van der Waals surface area (Å²) in [7, 11) is -1.98. The van der Waals surface area contributed by atoms with Gasteiger partial charge in [0, 0.05) is 7.05 Å². The van der Waals surface area contributed by atoms with Gasteiger partial charge in [0.1, 0.15) is 17.4 Å². The Kier molecular flexibility index (Phi) is 9.84. The molecule has 1 unspecified atom stereocenters. The van der Waals surface area contributed by atoms with E-state index in [9.17, 15) is 14.2 Å². The van der Waals surface area contributed by atoms with E-state index in [0.29, 0.717) is 0 Å². The van der Waals surface area contributed by atoms with Crippen molar-refractivity contribution in [3.05, 3.63) is 0 Å². The van der Waals surface area contributed by atoms with Gasteiger partial charge in [-0.05, 0) is 47.5 Å². The zero-order chi connectivity index (χ0) is 20.7. The molecule has 2 atom stereocenters. The van der Waals surface area contributed by atoms with Crippen molar-refractivity contribution in [1.29, 1.82) is 0 Å². The van der Waals surface area contributed by atoms with E-state index >= 15 is 0 Å². The Balaban J connectivity index is 5.30. The molecule has 0 fully saturated rings. The summed E-state index contributed by atoms with van der Waals surface area (Å²) in [6, 6.07) is -0.788. The summed E-state index contributed by atoms with van der Waals surface area (Å²) >= 11 is 0. The van der Waals surface area contributed by atoms with Crippen LogP contribution >= 0.6 is 7.60 Å². The predicted octanol–water partition coefficient (Wildman–Crippen LogP) is 3.61. The second-order valence-corrected chi connectivity index (χ2v) is 9.71. The van der Waals surface area contributed by atoms with Gasteiger partial charge in [0.15, 0.2) is 0 Å². The van der Waals surface area contributed by atoms with Crippen molar-refractivity contribution in [2.75, 3.05) is 20.3 Å². The highest BCUT2D eigenvalue weighted by molar-refractivity contribution is 7.54. The minimum Gasteiger partial charge on any atom is -0.444 e. The molecule has 8 nitrogen and oxygen atoms in total. The molecule has 0 aliphatic rings. The van der Waals surface area contributed by atoms with Crippen LogP contribution in [0, 0.1) is 5.92 Å². The maximum absolute atomic E-state index is 12.8. The largest absolute Gasteiger partial charge is 0.444 e. The first-order valence-electron chi connectivity index (χ1n) is 8.94. The van der Waals surface area contributed by atoms with Crippen LogP contribution in [-0.4, -0.2) is 54.6 Å². The van der Waals surface area contributed by atoms with Gasteiger partial charge >= 0.3 is 13.7 Å². The summed E-state index contributed by atoms with van der Waals surface area (Å²) in [5.41, 5.74) is -0.670. The molecule has 0 saturated heterocycles. The number of hydrogen-bond donors (Lipinski definition) is 1. The van der Waals surface area contributed by atoms with Gasteiger partial charge in [0.05, 0.1) is 13.2 Å². The van der Waals surface area contributed by atoms with Crippen LogP contribution in [0.5, 0.6) is 0 Å². The highest BCUT2D eigenvalue weighted by Gasteiger charge is 2.38. The normalized spacial score (nSPS) is 14.7. The van der Waals surface area contributed by atoms with Crippen molar-refractivity contribution in [2.24, 2.45) is 5.92 Å². The lowest BCUT2D eigenvalue weighted by Crippen LogP contribution is -2.53.